The van der Waals surface area contributed by atoms with E-state index < -0.39 is 0 Å². The number of hydrogen-bond acceptors (Lipinski definition) is 4. The van der Waals surface area contributed by atoms with Crippen LogP contribution in [0.2, 0.25) is 5.02 Å². The van der Waals surface area contributed by atoms with Crippen LogP contribution >= 0.6 is 11.6 Å². The van der Waals surface area contributed by atoms with E-state index in [4.69, 9.17) is 21.4 Å². The van der Waals surface area contributed by atoms with E-state index in [1.165, 1.54) is 12.8 Å². The van der Waals surface area contributed by atoms with E-state index in [0.29, 0.717) is 22.7 Å². The highest BCUT2D eigenvalue weighted by Gasteiger charge is 2.14. The third-order valence-electron chi connectivity index (χ3n) is 3.72. The van der Waals surface area contributed by atoms with Crippen molar-refractivity contribution in [2.75, 3.05) is 0 Å². The molecule has 2 rings (SSSR count). The first-order chi connectivity index (χ1) is 11.1. The zero-order valence-corrected chi connectivity index (χ0v) is 14.3. The Hall–Kier alpha value is -1.81. The molecule has 0 aliphatic rings. The molecule has 0 amide bonds. The van der Waals surface area contributed by atoms with E-state index in [-0.39, 0.29) is 11.9 Å². The topological polar surface area (TPSA) is 48.4 Å². The van der Waals surface area contributed by atoms with Crippen LogP contribution in [-0.2, 0) is 9.68 Å². The van der Waals surface area contributed by atoms with E-state index in [1.807, 2.05) is 6.07 Å². The van der Waals surface area contributed by atoms with Gasteiger partial charge < -0.3 is 0 Å². The van der Waals surface area contributed by atoms with Gasteiger partial charge in [-0.3, -0.25) is 14.8 Å². The number of carbonyl (C=O) groups excluding carboxylic acids is 1. The molecule has 1 aromatic carbocycles. The summed E-state index contributed by atoms with van der Waals surface area (Å²) in [7, 11) is 0. The lowest BCUT2D eigenvalue weighted by Gasteiger charge is -2.11. The second kappa shape index (κ2) is 8.73. The summed E-state index contributed by atoms with van der Waals surface area (Å²) in [5, 5.41) is 1.34. The lowest BCUT2D eigenvalue weighted by Crippen LogP contribution is -2.12. The number of unbranched alkanes of at least 4 members (excludes halogenated alkanes) is 2. The number of fused-ring (bicyclic) bond motifs is 1. The van der Waals surface area contributed by atoms with Crippen LogP contribution in [0.3, 0.4) is 0 Å². The van der Waals surface area contributed by atoms with E-state index in [1.54, 1.807) is 24.4 Å². The van der Waals surface area contributed by atoms with Crippen LogP contribution in [0, 0.1) is 5.92 Å². The maximum absolute atomic E-state index is 11.9. The maximum Gasteiger partial charge on any atom is 0.355 e. The van der Waals surface area contributed by atoms with Gasteiger partial charge in [-0.25, -0.2) is 4.79 Å². The lowest BCUT2D eigenvalue weighted by atomic mass is 10.0. The Labute approximate surface area is 141 Å². The van der Waals surface area contributed by atoms with Gasteiger partial charge in [-0.2, -0.15) is 0 Å². The van der Waals surface area contributed by atoms with E-state index >= 15 is 0 Å². The molecule has 5 heteroatoms. The van der Waals surface area contributed by atoms with Gasteiger partial charge in [0.2, 0.25) is 5.75 Å². The van der Waals surface area contributed by atoms with Crippen molar-refractivity contribution in [1.82, 2.24) is 4.98 Å². The highest BCUT2D eigenvalue weighted by Crippen LogP contribution is 2.29. The van der Waals surface area contributed by atoms with Crippen LogP contribution < -0.4 is 4.89 Å². The fourth-order valence-electron chi connectivity index (χ4n) is 2.43. The molecule has 1 heterocycles. The smallest absolute Gasteiger partial charge is 0.285 e. The van der Waals surface area contributed by atoms with Gasteiger partial charge in [0.1, 0.15) is 5.52 Å². The molecule has 0 bridgehead atoms. The van der Waals surface area contributed by atoms with Crippen molar-refractivity contribution in [3.63, 3.8) is 0 Å². The number of hydrogen-bond donors (Lipinski definition) is 0. The number of halogens is 1. The van der Waals surface area contributed by atoms with Gasteiger partial charge in [0.25, 0.3) is 0 Å². The highest BCUT2D eigenvalue weighted by atomic mass is 35.5. The number of aromatic nitrogens is 1. The number of nitrogens with zero attached hydrogens (tertiary/aromatic N) is 1. The Balaban J connectivity index is 1.91. The van der Waals surface area contributed by atoms with Crippen molar-refractivity contribution in [2.24, 2.45) is 5.92 Å². The van der Waals surface area contributed by atoms with Gasteiger partial charge >= 0.3 is 5.97 Å². The minimum Gasteiger partial charge on any atom is -0.285 e. The Morgan fingerprint density at radius 3 is 2.91 bits per heavy atom. The molecule has 4 nitrogen and oxygen atoms in total. The van der Waals surface area contributed by atoms with Gasteiger partial charge in [-0.05, 0) is 30.2 Å². The van der Waals surface area contributed by atoms with Gasteiger partial charge in [0.05, 0.1) is 11.4 Å². The molecule has 1 unspecified atom stereocenters. The molecular formula is C18H22ClNO3. The Kier molecular flexibility index (Phi) is 6.66. The Morgan fingerprint density at radius 2 is 2.13 bits per heavy atom. The van der Waals surface area contributed by atoms with Gasteiger partial charge in [0.15, 0.2) is 0 Å². The molecular weight excluding hydrogens is 314 g/mol. The first-order valence-corrected chi connectivity index (χ1v) is 8.40. The quantitative estimate of drug-likeness (QED) is 0.371. The zero-order chi connectivity index (χ0) is 16.7. The first kappa shape index (κ1) is 17.5. The molecule has 0 saturated carbocycles. The summed E-state index contributed by atoms with van der Waals surface area (Å²) < 4.78 is 0. The van der Waals surface area contributed by atoms with Crippen LogP contribution in [0.5, 0.6) is 5.75 Å². The normalized spacial score (nSPS) is 12.1. The average Bonchev–Trinajstić information content (AvgIpc) is 2.55. The van der Waals surface area contributed by atoms with Gasteiger partial charge in [0, 0.05) is 11.6 Å². The Bertz CT molecular complexity index is 660. The van der Waals surface area contributed by atoms with Crippen molar-refractivity contribution in [2.45, 2.75) is 46.0 Å². The summed E-state index contributed by atoms with van der Waals surface area (Å²) in [4.78, 5) is 26.2. The second-order valence-electron chi connectivity index (χ2n) is 5.79. The van der Waals surface area contributed by atoms with Crippen molar-refractivity contribution >= 4 is 28.5 Å². The van der Waals surface area contributed by atoms with Crippen LogP contribution in [-0.4, -0.2) is 11.0 Å². The number of rotatable bonds is 8. The fourth-order valence-corrected chi connectivity index (χ4v) is 2.65. The van der Waals surface area contributed by atoms with Crippen molar-refractivity contribution in [1.29, 1.82) is 0 Å². The Morgan fingerprint density at radius 1 is 1.30 bits per heavy atom. The molecule has 23 heavy (non-hydrogen) atoms. The molecule has 124 valence electrons. The number of benzene rings is 1. The maximum atomic E-state index is 11.9. The molecule has 0 aliphatic heterocycles. The number of carbonyl (C=O) groups is 1. The minimum atomic E-state index is -0.368. The molecule has 1 atom stereocenters. The van der Waals surface area contributed by atoms with Gasteiger partial charge in [-0.1, -0.05) is 51.1 Å². The predicted molar refractivity (Wildman–Crippen MR) is 91.4 cm³/mol. The standard InChI is InChI=1S/C18H22ClNO3/c1-3-4-5-7-13(2)12-17(21)23-22-16-10-9-15(19)14-8-6-11-20-18(14)16/h6,8-11,13H,3-5,7,12H2,1-2H3. The SMILES string of the molecule is CCCCCC(C)CC(=O)OOc1ccc(Cl)c2cccnc12. The van der Waals surface area contributed by atoms with Gasteiger partial charge in [-0.15, -0.1) is 0 Å². The largest absolute Gasteiger partial charge is 0.355 e. The summed E-state index contributed by atoms with van der Waals surface area (Å²) >= 11 is 6.12. The molecule has 0 aliphatic carbocycles. The van der Waals surface area contributed by atoms with Crippen molar-refractivity contribution in [3.05, 3.63) is 35.5 Å². The molecule has 0 spiro atoms. The molecule has 2 aromatic rings. The van der Waals surface area contributed by atoms with Crippen molar-refractivity contribution < 1.29 is 14.6 Å². The third-order valence-corrected chi connectivity index (χ3v) is 4.05. The molecule has 1 aromatic heterocycles. The second-order valence-corrected chi connectivity index (χ2v) is 6.20. The van der Waals surface area contributed by atoms with Crippen LogP contribution in [0.4, 0.5) is 0 Å². The fraction of sp³-hybridized carbons (Fsp3) is 0.444. The lowest BCUT2D eigenvalue weighted by molar-refractivity contribution is -0.214. The monoisotopic (exact) mass is 335 g/mol. The van der Waals surface area contributed by atoms with Crippen LogP contribution in [0.25, 0.3) is 10.9 Å². The molecule has 0 radical (unpaired) electrons. The van der Waals surface area contributed by atoms with E-state index in [9.17, 15) is 4.79 Å². The zero-order valence-electron chi connectivity index (χ0n) is 13.5. The summed E-state index contributed by atoms with van der Waals surface area (Å²) in [6.45, 7) is 4.22. The predicted octanol–water partition coefficient (Wildman–Crippen LogP) is 5.33. The third kappa shape index (κ3) is 5.10. The first-order valence-electron chi connectivity index (χ1n) is 8.02. The summed E-state index contributed by atoms with van der Waals surface area (Å²) in [6.07, 6.45) is 6.52. The van der Waals surface area contributed by atoms with E-state index in [0.717, 1.165) is 18.2 Å². The summed E-state index contributed by atoms with van der Waals surface area (Å²) in [5.74, 6) is 0.308. The summed E-state index contributed by atoms with van der Waals surface area (Å²) in [6, 6.07) is 6.98. The molecule has 0 N–H and O–H groups in total. The van der Waals surface area contributed by atoms with E-state index in [2.05, 4.69) is 18.8 Å². The summed E-state index contributed by atoms with van der Waals surface area (Å²) in [5.41, 5.74) is 0.573. The highest BCUT2D eigenvalue weighted by molar-refractivity contribution is 6.35. The van der Waals surface area contributed by atoms with Crippen molar-refractivity contribution in [3.8, 4) is 5.75 Å². The molecule has 0 fully saturated rings. The van der Waals surface area contributed by atoms with Crippen LogP contribution in [0.1, 0.15) is 46.0 Å². The van der Waals surface area contributed by atoms with Crippen LogP contribution in [0.15, 0.2) is 30.5 Å². The minimum absolute atomic E-state index is 0.290. The average molecular weight is 336 g/mol. The number of pyridine rings is 1. The molecule has 0 saturated heterocycles.